The second kappa shape index (κ2) is 5.65. The molecule has 2 rings (SSSR count). The van der Waals surface area contributed by atoms with E-state index in [1.54, 1.807) is 0 Å². The summed E-state index contributed by atoms with van der Waals surface area (Å²) < 4.78 is 53.4. The SMILES string of the molecule is CC1CCCN(S(=O)(=O)N(C)c2ccc(F)c(F)c2)C1. The number of piperidine rings is 1. The highest BCUT2D eigenvalue weighted by molar-refractivity contribution is 7.90. The van der Waals surface area contributed by atoms with Gasteiger partial charge < -0.3 is 0 Å². The number of rotatable bonds is 3. The van der Waals surface area contributed by atoms with Crippen LogP contribution in [0, 0.1) is 17.6 Å². The van der Waals surface area contributed by atoms with Gasteiger partial charge in [0.05, 0.1) is 5.69 Å². The summed E-state index contributed by atoms with van der Waals surface area (Å²) >= 11 is 0. The van der Waals surface area contributed by atoms with Crippen LogP contribution >= 0.6 is 0 Å². The fraction of sp³-hybridized carbons (Fsp3) is 0.538. The third-order valence-corrected chi connectivity index (χ3v) is 5.45. The summed E-state index contributed by atoms with van der Waals surface area (Å²) in [5.74, 6) is -1.75. The molecule has 1 unspecified atom stereocenters. The van der Waals surface area contributed by atoms with Gasteiger partial charge in [-0.25, -0.2) is 8.78 Å². The molecule has 0 saturated carbocycles. The van der Waals surface area contributed by atoms with Gasteiger partial charge in [0.15, 0.2) is 11.6 Å². The summed E-state index contributed by atoms with van der Waals surface area (Å²) in [5, 5.41) is 0. The molecule has 1 fully saturated rings. The highest BCUT2D eigenvalue weighted by Crippen LogP contribution is 2.24. The number of hydrogen-bond donors (Lipinski definition) is 0. The molecule has 1 atom stereocenters. The topological polar surface area (TPSA) is 40.6 Å². The van der Waals surface area contributed by atoms with Crippen LogP contribution in [0.2, 0.25) is 0 Å². The maximum Gasteiger partial charge on any atom is 0.303 e. The smallest absolute Gasteiger partial charge is 0.261 e. The molecule has 0 N–H and O–H groups in total. The van der Waals surface area contributed by atoms with E-state index in [1.807, 2.05) is 6.92 Å². The molecule has 1 aromatic carbocycles. The normalized spacial score (nSPS) is 20.9. The Balaban J connectivity index is 2.26. The van der Waals surface area contributed by atoms with E-state index in [2.05, 4.69) is 0 Å². The molecular formula is C13H18F2N2O2S. The van der Waals surface area contributed by atoms with Crippen molar-refractivity contribution in [2.45, 2.75) is 19.8 Å². The Bertz CT molecular complexity index is 592. The van der Waals surface area contributed by atoms with Gasteiger partial charge in [-0.2, -0.15) is 12.7 Å². The zero-order chi connectivity index (χ0) is 14.9. The molecule has 7 heteroatoms. The summed E-state index contributed by atoms with van der Waals surface area (Å²) in [4.78, 5) is 0. The van der Waals surface area contributed by atoms with Crippen LogP contribution in [0.4, 0.5) is 14.5 Å². The average Bonchev–Trinajstić information content (AvgIpc) is 2.41. The quantitative estimate of drug-likeness (QED) is 0.860. The Labute approximate surface area is 118 Å². The van der Waals surface area contributed by atoms with Gasteiger partial charge in [-0.1, -0.05) is 6.92 Å². The van der Waals surface area contributed by atoms with Crippen molar-refractivity contribution in [1.29, 1.82) is 0 Å². The second-order valence-corrected chi connectivity index (χ2v) is 7.14. The van der Waals surface area contributed by atoms with E-state index in [9.17, 15) is 17.2 Å². The van der Waals surface area contributed by atoms with Crippen molar-refractivity contribution in [3.05, 3.63) is 29.8 Å². The maximum atomic E-state index is 13.2. The fourth-order valence-corrected chi connectivity index (χ4v) is 3.87. The molecular weight excluding hydrogens is 286 g/mol. The molecule has 112 valence electrons. The molecule has 0 amide bonds. The summed E-state index contributed by atoms with van der Waals surface area (Å²) in [5.41, 5.74) is 0.113. The van der Waals surface area contributed by atoms with Gasteiger partial charge in [-0.05, 0) is 30.9 Å². The minimum absolute atomic E-state index is 0.113. The number of halogens is 2. The first kappa shape index (κ1) is 15.2. The van der Waals surface area contributed by atoms with Crippen molar-refractivity contribution in [1.82, 2.24) is 4.31 Å². The molecule has 1 aliphatic rings. The van der Waals surface area contributed by atoms with E-state index in [-0.39, 0.29) is 5.69 Å². The van der Waals surface area contributed by atoms with Gasteiger partial charge in [0.2, 0.25) is 0 Å². The number of hydrogen-bond acceptors (Lipinski definition) is 2. The van der Waals surface area contributed by atoms with Crippen molar-refractivity contribution in [2.75, 3.05) is 24.4 Å². The van der Waals surface area contributed by atoms with Crippen molar-refractivity contribution in [2.24, 2.45) is 5.92 Å². The third kappa shape index (κ3) is 2.93. The van der Waals surface area contributed by atoms with Crippen molar-refractivity contribution in [3.63, 3.8) is 0 Å². The first-order valence-electron chi connectivity index (χ1n) is 6.51. The van der Waals surface area contributed by atoms with Crippen LogP contribution in [0.15, 0.2) is 18.2 Å². The molecule has 1 aromatic rings. The number of nitrogens with zero attached hydrogens (tertiary/aromatic N) is 2. The predicted molar refractivity (Wildman–Crippen MR) is 73.7 cm³/mol. The average molecular weight is 304 g/mol. The Morgan fingerprint density at radius 1 is 1.30 bits per heavy atom. The lowest BCUT2D eigenvalue weighted by Gasteiger charge is -2.33. The van der Waals surface area contributed by atoms with E-state index in [1.165, 1.54) is 17.4 Å². The maximum absolute atomic E-state index is 13.2. The molecule has 0 bridgehead atoms. The van der Waals surface area contributed by atoms with E-state index >= 15 is 0 Å². The van der Waals surface area contributed by atoms with Gasteiger partial charge in [0.25, 0.3) is 0 Å². The predicted octanol–water partition coefficient (Wildman–Crippen LogP) is 2.38. The molecule has 0 aromatic heterocycles. The molecule has 1 heterocycles. The molecule has 1 saturated heterocycles. The summed E-state index contributed by atoms with van der Waals surface area (Å²) in [6, 6.07) is 3.07. The van der Waals surface area contributed by atoms with Gasteiger partial charge >= 0.3 is 10.2 Å². The zero-order valence-electron chi connectivity index (χ0n) is 11.5. The van der Waals surface area contributed by atoms with Crippen molar-refractivity contribution in [3.8, 4) is 0 Å². The summed E-state index contributed by atoms with van der Waals surface area (Å²) in [6.07, 6.45) is 1.81. The minimum Gasteiger partial charge on any atom is -0.261 e. The highest BCUT2D eigenvalue weighted by atomic mass is 32.2. The van der Waals surface area contributed by atoms with Crippen LogP contribution in [0.1, 0.15) is 19.8 Å². The Morgan fingerprint density at radius 3 is 2.60 bits per heavy atom. The van der Waals surface area contributed by atoms with E-state index < -0.39 is 21.8 Å². The Morgan fingerprint density at radius 2 is 2.00 bits per heavy atom. The van der Waals surface area contributed by atoms with Gasteiger partial charge in [0, 0.05) is 26.2 Å². The van der Waals surface area contributed by atoms with E-state index in [0.29, 0.717) is 19.0 Å². The van der Waals surface area contributed by atoms with E-state index in [0.717, 1.165) is 29.3 Å². The van der Waals surface area contributed by atoms with Crippen LogP contribution in [0.3, 0.4) is 0 Å². The summed E-state index contributed by atoms with van der Waals surface area (Å²) in [7, 11) is -2.35. The standard InChI is InChI=1S/C13H18F2N2O2S/c1-10-4-3-7-17(9-10)20(18,19)16(2)11-5-6-12(14)13(15)8-11/h5-6,8,10H,3-4,7,9H2,1-2H3. The van der Waals surface area contributed by atoms with Crippen LogP contribution < -0.4 is 4.31 Å². The van der Waals surface area contributed by atoms with Crippen molar-refractivity contribution >= 4 is 15.9 Å². The lowest BCUT2D eigenvalue weighted by Crippen LogP contribution is -2.46. The molecule has 1 aliphatic heterocycles. The molecule has 20 heavy (non-hydrogen) atoms. The Kier molecular flexibility index (Phi) is 4.29. The van der Waals surface area contributed by atoms with Crippen molar-refractivity contribution < 1.29 is 17.2 Å². The van der Waals surface area contributed by atoms with Gasteiger partial charge in [0.1, 0.15) is 0 Å². The van der Waals surface area contributed by atoms with E-state index in [4.69, 9.17) is 0 Å². The van der Waals surface area contributed by atoms with Crippen LogP contribution in [0.5, 0.6) is 0 Å². The minimum atomic E-state index is -3.70. The first-order chi connectivity index (χ1) is 9.32. The van der Waals surface area contributed by atoms with Crippen LogP contribution in [-0.2, 0) is 10.2 Å². The zero-order valence-corrected chi connectivity index (χ0v) is 12.3. The summed E-state index contributed by atoms with van der Waals surface area (Å²) in [6.45, 7) is 2.91. The number of benzene rings is 1. The number of anilines is 1. The molecule has 0 spiro atoms. The largest absolute Gasteiger partial charge is 0.303 e. The lowest BCUT2D eigenvalue weighted by molar-refractivity contribution is 0.281. The fourth-order valence-electron chi connectivity index (χ4n) is 2.34. The van der Waals surface area contributed by atoms with Crippen LogP contribution in [0.25, 0.3) is 0 Å². The van der Waals surface area contributed by atoms with Crippen LogP contribution in [-0.4, -0.2) is 32.9 Å². The van der Waals surface area contributed by atoms with Gasteiger partial charge in [-0.15, -0.1) is 0 Å². The monoisotopic (exact) mass is 304 g/mol. The highest BCUT2D eigenvalue weighted by Gasteiger charge is 2.31. The third-order valence-electron chi connectivity index (χ3n) is 3.56. The molecule has 0 radical (unpaired) electrons. The molecule has 0 aliphatic carbocycles. The Hall–Kier alpha value is -1.21. The lowest BCUT2D eigenvalue weighted by atomic mass is 10.0. The van der Waals surface area contributed by atoms with Gasteiger partial charge in [-0.3, -0.25) is 4.31 Å². The second-order valence-electron chi connectivity index (χ2n) is 5.18. The first-order valence-corrected chi connectivity index (χ1v) is 7.91. The molecule has 4 nitrogen and oxygen atoms in total.